The maximum atomic E-state index is 13.6. The second-order valence-electron chi connectivity index (χ2n) is 8.30. The van der Waals surface area contributed by atoms with Gasteiger partial charge in [-0.2, -0.15) is 0 Å². The molecule has 5 rings (SSSR count). The van der Waals surface area contributed by atoms with Gasteiger partial charge in [-0.3, -0.25) is 4.79 Å². The summed E-state index contributed by atoms with van der Waals surface area (Å²) < 4.78 is 5.30. The Morgan fingerprint density at radius 3 is 2.32 bits per heavy atom. The molecule has 2 N–H and O–H groups in total. The summed E-state index contributed by atoms with van der Waals surface area (Å²) in [5, 5.41) is 7.26. The molecule has 1 aliphatic heterocycles. The van der Waals surface area contributed by atoms with Crippen LogP contribution in [0.25, 0.3) is 0 Å². The van der Waals surface area contributed by atoms with Gasteiger partial charge in [-0.25, -0.2) is 0 Å². The van der Waals surface area contributed by atoms with E-state index >= 15 is 0 Å². The number of para-hydroxylation sites is 2. The fourth-order valence-corrected chi connectivity index (χ4v) is 4.75. The molecule has 0 radical (unpaired) electrons. The highest BCUT2D eigenvalue weighted by Gasteiger charge is 2.36. The van der Waals surface area contributed by atoms with E-state index < -0.39 is 0 Å². The Kier molecular flexibility index (Phi) is 4.99. The van der Waals surface area contributed by atoms with E-state index in [1.54, 1.807) is 7.11 Å². The lowest BCUT2D eigenvalue weighted by Crippen LogP contribution is -2.27. The maximum Gasteiger partial charge on any atom is 0.163 e. The minimum atomic E-state index is -0.170. The zero-order valence-electron chi connectivity index (χ0n) is 17.8. The van der Waals surface area contributed by atoms with Crippen molar-refractivity contribution in [1.82, 2.24) is 0 Å². The minimum Gasteiger partial charge on any atom is -0.497 e. The minimum absolute atomic E-state index is 0.146. The maximum absolute atomic E-state index is 13.6. The number of benzene rings is 3. The van der Waals surface area contributed by atoms with Crippen molar-refractivity contribution in [3.63, 3.8) is 0 Å². The summed E-state index contributed by atoms with van der Waals surface area (Å²) in [4.78, 5) is 13.6. The van der Waals surface area contributed by atoms with E-state index in [1.807, 2.05) is 36.4 Å². The topological polar surface area (TPSA) is 50.4 Å². The van der Waals surface area contributed by atoms with Crippen LogP contribution in [0.3, 0.4) is 0 Å². The second kappa shape index (κ2) is 7.95. The molecule has 0 spiro atoms. The van der Waals surface area contributed by atoms with E-state index in [0.29, 0.717) is 6.42 Å². The van der Waals surface area contributed by atoms with Crippen LogP contribution in [0.5, 0.6) is 5.75 Å². The Balaban J connectivity index is 1.59. The highest BCUT2D eigenvalue weighted by Crippen LogP contribution is 2.44. The molecule has 0 saturated heterocycles. The van der Waals surface area contributed by atoms with Crippen LogP contribution in [0, 0.1) is 6.92 Å². The number of carbonyl (C=O) groups excluding carboxylic acids is 1. The first kappa shape index (κ1) is 19.4. The molecule has 3 aromatic rings. The van der Waals surface area contributed by atoms with Crippen molar-refractivity contribution < 1.29 is 9.53 Å². The number of aryl methyl sites for hydroxylation is 1. The van der Waals surface area contributed by atoms with Crippen LogP contribution in [0.15, 0.2) is 84.1 Å². The molecule has 0 aromatic heterocycles. The number of fused-ring (bicyclic) bond motifs is 1. The number of allylic oxidation sites excluding steroid dienone is 1. The van der Waals surface area contributed by atoms with Crippen LogP contribution in [0.1, 0.15) is 41.5 Å². The molecular formula is C27H26N2O2. The van der Waals surface area contributed by atoms with E-state index in [-0.39, 0.29) is 17.7 Å². The standard InChI is InChI=1S/C27H26N2O2/c1-17-7-3-4-8-21(17)27-26-24(28-22-9-5-6-10-23(22)29-27)15-19(16-25(26)30)18-11-13-20(31-2)14-12-18/h3-14,19,27-29H,15-16H2,1-2H3/t19-,27-/m0/s1. The van der Waals surface area contributed by atoms with E-state index in [4.69, 9.17) is 4.74 Å². The number of Topliss-reactive ketones (excluding diaryl/α,β-unsaturated/α-hetero) is 1. The normalized spacial score (nSPS) is 20.1. The summed E-state index contributed by atoms with van der Waals surface area (Å²) in [5.74, 6) is 1.17. The fourth-order valence-electron chi connectivity index (χ4n) is 4.75. The van der Waals surface area contributed by atoms with Crippen LogP contribution in [-0.2, 0) is 4.79 Å². The molecule has 4 heteroatoms. The molecule has 31 heavy (non-hydrogen) atoms. The SMILES string of the molecule is COc1ccc([C@@H]2CC(=O)C3=C(C2)Nc2ccccc2N[C@H]3c2ccccc2C)cc1. The summed E-state index contributed by atoms with van der Waals surface area (Å²) in [7, 11) is 1.67. The van der Waals surface area contributed by atoms with Gasteiger partial charge < -0.3 is 15.4 Å². The Labute approximate surface area is 183 Å². The third kappa shape index (κ3) is 3.59. The quantitative estimate of drug-likeness (QED) is 0.557. The molecule has 0 unspecified atom stereocenters. The molecule has 0 bridgehead atoms. The van der Waals surface area contributed by atoms with Gasteiger partial charge in [0.2, 0.25) is 0 Å². The van der Waals surface area contributed by atoms with E-state index in [9.17, 15) is 4.79 Å². The molecule has 2 atom stereocenters. The Morgan fingerprint density at radius 1 is 0.871 bits per heavy atom. The summed E-state index contributed by atoms with van der Waals surface area (Å²) >= 11 is 0. The monoisotopic (exact) mass is 410 g/mol. The van der Waals surface area contributed by atoms with Crippen molar-refractivity contribution in [1.29, 1.82) is 0 Å². The summed E-state index contributed by atoms with van der Waals surface area (Å²) in [6.07, 6.45) is 1.30. The summed E-state index contributed by atoms with van der Waals surface area (Å²) in [6.45, 7) is 2.11. The zero-order valence-corrected chi connectivity index (χ0v) is 17.8. The van der Waals surface area contributed by atoms with Crippen LogP contribution in [0.4, 0.5) is 11.4 Å². The van der Waals surface area contributed by atoms with E-state index in [2.05, 4.69) is 54.0 Å². The average Bonchev–Trinajstić information content (AvgIpc) is 2.96. The number of methoxy groups -OCH3 is 1. The first-order valence-corrected chi connectivity index (χ1v) is 10.7. The third-order valence-corrected chi connectivity index (χ3v) is 6.40. The number of ketones is 1. The molecule has 0 fully saturated rings. The smallest absolute Gasteiger partial charge is 0.163 e. The number of hydrogen-bond donors (Lipinski definition) is 2. The van der Waals surface area contributed by atoms with E-state index in [1.165, 1.54) is 11.1 Å². The van der Waals surface area contributed by atoms with Crippen molar-refractivity contribution in [2.45, 2.75) is 31.7 Å². The van der Waals surface area contributed by atoms with Crippen molar-refractivity contribution in [2.24, 2.45) is 0 Å². The van der Waals surface area contributed by atoms with Crippen molar-refractivity contribution in [2.75, 3.05) is 17.7 Å². The number of hydrogen-bond acceptors (Lipinski definition) is 4. The van der Waals surface area contributed by atoms with Gasteiger partial charge in [-0.15, -0.1) is 0 Å². The van der Waals surface area contributed by atoms with Gasteiger partial charge in [0, 0.05) is 17.7 Å². The first-order chi connectivity index (χ1) is 15.1. The molecule has 4 nitrogen and oxygen atoms in total. The number of nitrogens with one attached hydrogen (secondary N) is 2. The number of ether oxygens (including phenoxy) is 1. The van der Waals surface area contributed by atoms with Gasteiger partial charge in [-0.1, -0.05) is 48.5 Å². The van der Waals surface area contributed by atoms with Crippen molar-refractivity contribution in [3.8, 4) is 5.75 Å². The highest BCUT2D eigenvalue weighted by molar-refractivity contribution is 6.01. The second-order valence-corrected chi connectivity index (χ2v) is 8.30. The molecule has 0 amide bonds. The number of carbonyl (C=O) groups is 1. The molecule has 1 aliphatic carbocycles. The molecule has 1 heterocycles. The molecule has 2 aliphatic rings. The molecule has 3 aromatic carbocycles. The highest BCUT2D eigenvalue weighted by atomic mass is 16.5. The van der Waals surface area contributed by atoms with Crippen LogP contribution >= 0.6 is 0 Å². The van der Waals surface area contributed by atoms with Crippen LogP contribution < -0.4 is 15.4 Å². The summed E-state index contributed by atoms with van der Waals surface area (Å²) in [6, 6.07) is 24.4. The largest absolute Gasteiger partial charge is 0.497 e. The van der Waals surface area contributed by atoms with E-state index in [0.717, 1.165) is 40.4 Å². The van der Waals surface area contributed by atoms with Crippen LogP contribution in [0.2, 0.25) is 0 Å². The fraction of sp³-hybridized carbons (Fsp3) is 0.222. The Morgan fingerprint density at radius 2 is 1.58 bits per heavy atom. The summed E-state index contributed by atoms with van der Waals surface area (Å²) in [5.41, 5.74) is 7.38. The average molecular weight is 411 g/mol. The van der Waals surface area contributed by atoms with Crippen molar-refractivity contribution in [3.05, 3.63) is 101 Å². The molecular weight excluding hydrogens is 384 g/mol. The lowest BCUT2D eigenvalue weighted by molar-refractivity contribution is -0.116. The predicted molar refractivity (Wildman–Crippen MR) is 125 cm³/mol. The van der Waals surface area contributed by atoms with Gasteiger partial charge in [0.25, 0.3) is 0 Å². The van der Waals surface area contributed by atoms with Gasteiger partial charge in [0.1, 0.15) is 5.75 Å². The first-order valence-electron chi connectivity index (χ1n) is 10.7. The van der Waals surface area contributed by atoms with Crippen LogP contribution in [-0.4, -0.2) is 12.9 Å². The Hall–Kier alpha value is -3.53. The molecule has 0 saturated carbocycles. The molecule has 156 valence electrons. The van der Waals surface area contributed by atoms with Crippen molar-refractivity contribution >= 4 is 17.2 Å². The van der Waals surface area contributed by atoms with Gasteiger partial charge >= 0.3 is 0 Å². The lowest BCUT2D eigenvalue weighted by Gasteiger charge is -2.30. The number of anilines is 2. The predicted octanol–water partition coefficient (Wildman–Crippen LogP) is 5.98. The Bertz CT molecular complexity index is 1160. The van der Waals surface area contributed by atoms with Gasteiger partial charge in [-0.05, 0) is 60.2 Å². The third-order valence-electron chi connectivity index (χ3n) is 6.40. The zero-order chi connectivity index (χ0) is 21.4. The van der Waals surface area contributed by atoms with Gasteiger partial charge in [0.05, 0.1) is 24.5 Å². The lowest BCUT2D eigenvalue weighted by atomic mass is 9.78. The number of rotatable bonds is 3. The van der Waals surface area contributed by atoms with Gasteiger partial charge in [0.15, 0.2) is 5.78 Å².